The van der Waals surface area contributed by atoms with Crippen LogP contribution in [0.4, 0.5) is 0 Å². The molecular weight excluding hydrogens is 244 g/mol. The number of rotatable bonds is 6. The summed E-state index contributed by atoms with van der Waals surface area (Å²) in [6, 6.07) is 8.78. The van der Waals surface area contributed by atoms with Gasteiger partial charge in [-0.25, -0.2) is 4.79 Å². The van der Waals surface area contributed by atoms with Crippen molar-refractivity contribution in [2.24, 2.45) is 0 Å². The molecule has 1 aromatic carbocycles. The first-order chi connectivity index (χ1) is 9.20. The van der Waals surface area contributed by atoms with Crippen LogP contribution in [0.1, 0.15) is 24.4 Å². The summed E-state index contributed by atoms with van der Waals surface area (Å²) in [6.45, 7) is 0.227. The number of methoxy groups -OCH3 is 1. The number of nitrogens with one attached hydrogen (secondary N) is 2. The first-order valence-corrected chi connectivity index (χ1v) is 6.36. The maximum atomic E-state index is 11.8. The first kappa shape index (κ1) is 13.5. The van der Waals surface area contributed by atoms with Crippen LogP contribution in [0.3, 0.4) is 0 Å². The fourth-order valence-corrected chi connectivity index (χ4v) is 1.78. The van der Waals surface area contributed by atoms with Crippen molar-refractivity contribution < 1.29 is 14.3 Å². The molecule has 5 heteroatoms. The third-order valence-corrected chi connectivity index (χ3v) is 3.00. The minimum Gasteiger partial charge on any atom is -0.467 e. The predicted octanol–water partition coefficient (Wildman–Crippen LogP) is 0.769. The van der Waals surface area contributed by atoms with Crippen LogP contribution in [0, 0.1) is 0 Å². The van der Waals surface area contributed by atoms with E-state index >= 15 is 0 Å². The molecule has 2 rings (SSSR count). The number of carbonyl (C=O) groups is 2. The van der Waals surface area contributed by atoms with Gasteiger partial charge in [-0.1, -0.05) is 30.3 Å². The molecule has 0 saturated heterocycles. The molecule has 1 aliphatic rings. The second kappa shape index (κ2) is 6.33. The molecule has 0 radical (unpaired) electrons. The number of benzene rings is 1. The van der Waals surface area contributed by atoms with Crippen molar-refractivity contribution in [3.05, 3.63) is 35.9 Å². The minimum atomic E-state index is -0.750. The predicted molar refractivity (Wildman–Crippen MR) is 70.4 cm³/mol. The summed E-state index contributed by atoms with van der Waals surface area (Å²) in [5.41, 5.74) is 0.717. The lowest BCUT2D eigenvalue weighted by Gasteiger charge is -2.17. The van der Waals surface area contributed by atoms with Gasteiger partial charge >= 0.3 is 5.97 Å². The van der Waals surface area contributed by atoms with Gasteiger partial charge in [-0.05, 0) is 18.4 Å². The Hall–Kier alpha value is -1.88. The second-order valence-corrected chi connectivity index (χ2v) is 4.59. The monoisotopic (exact) mass is 262 g/mol. The molecule has 0 aromatic heterocycles. The normalized spacial score (nSPS) is 15.6. The highest BCUT2D eigenvalue weighted by molar-refractivity contribution is 5.86. The molecule has 102 valence electrons. The Morgan fingerprint density at radius 2 is 2.00 bits per heavy atom. The molecule has 0 aliphatic heterocycles. The molecule has 1 saturated carbocycles. The van der Waals surface area contributed by atoms with E-state index in [0.29, 0.717) is 11.6 Å². The van der Waals surface area contributed by atoms with Crippen molar-refractivity contribution in [2.75, 3.05) is 13.7 Å². The Bertz CT molecular complexity index is 443. The first-order valence-electron chi connectivity index (χ1n) is 6.36. The van der Waals surface area contributed by atoms with Gasteiger partial charge in [0.05, 0.1) is 13.7 Å². The van der Waals surface area contributed by atoms with Gasteiger partial charge in [0.25, 0.3) is 0 Å². The average molecular weight is 262 g/mol. The van der Waals surface area contributed by atoms with Crippen molar-refractivity contribution in [1.29, 1.82) is 0 Å². The van der Waals surface area contributed by atoms with Gasteiger partial charge in [-0.2, -0.15) is 0 Å². The summed E-state index contributed by atoms with van der Waals surface area (Å²) < 4.78 is 4.73. The van der Waals surface area contributed by atoms with E-state index < -0.39 is 12.0 Å². The highest BCUT2D eigenvalue weighted by Crippen LogP contribution is 2.18. The lowest BCUT2D eigenvalue weighted by molar-refractivity contribution is -0.145. The van der Waals surface area contributed by atoms with Crippen molar-refractivity contribution in [1.82, 2.24) is 10.6 Å². The van der Waals surface area contributed by atoms with E-state index in [9.17, 15) is 9.59 Å². The molecular formula is C14H18N2O3. The van der Waals surface area contributed by atoms with E-state index in [1.54, 1.807) is 12.1 Å². The molecule has 1 aliphatic carbocycles. The Morgan fingerprint density at radius 1 is 1.32 bits per heavy atom. The van der Waals surface area contributed by atoms with Crippen LogP contribution in [-0.4, -0.2) is 31.6 Å². The van der Waals surface area contributed by atoms with E-state index in [0.717, 1.165) is 12.8 Å². The van der Waals surface area contributed by atoms with E-state index in [1.807, 2.05) is 18.2 Å². The molecule has 0 spiro atoms. The fraction of sp³-hybridized carbons (Fsp3) is 0.429. The molecule has 5 nitrogen and oxygen atoms in total. The zero-order valence-electron chi connectivity index (χ0n) is 10.9. The van der Waals surface area contributed by atoms with Gasteiger partial charge in [-0.3, -0.25) is 4.79 Å². The number of amides is 1. The molecule has 1 amide bonds. The third-order valence-electron chi connectivity index (χ3n) is 3.00. The topological polar surface area (TPSA) is 67.4 Å². The van der Waals surface area contributed by atoms with Crippen LogP contribution in [-0.2, 0) is 14.3 Å². The highest BCUT2D eigenvalue weighted by atomic mass is 16.5. The van der Waals surface area contributed by atoms with Crippen LogP contribution in [0.5, 0.6) is 0 Å². The summed E-state index contributed by atoms with van der Waals surface area (Å²) in [7, 11) is 1.31. The minimum absolute atomic E-state index is 0.203. The molecule has 1 atom stereocenters. The number of hydrogen-bond donors (Lipinski definition) is 2. The van der Waals surface area contributed by atoms with Crippen LogP contribution in [0.2, 0.25) is 0 Å². The number of hydrogen-bond acceptors (Lipinski definition) is 4. The van der Waals surface area contributed by atoms with E-state index in [4.69, 9.17) is 4.74 Å². The van der Waals surface area contributed by atoms with Gasteiger partial charge in [0.1, 0.15) is 0 Å². The lowest BCUT2D eigenvalue weighted by Crippen LogP contribution is -2.40. The number of carbonyl (C=O) groups excluding carboxylic acids is 2. The van der Waals surface area contributed by atoms with E-state index in [1.165, 1.54) is 7.11 Å². The summed E-state index contributed by atoms with van der Waals surface area (Å²) >= 11 is 0. The van der Waals surface area contributed by atoms with Crippen molar-refractivity contribution in [2.45, 2.75) is 24.9 Å². The smallest absolute Gasteiger partial charge is 0.333 e. The lowest BCUT2D eigenvalue weighted by atomic mass is 10.1. The Labute approximate surface area is 112 Å². The molecule has 0 heterocycles. The molecule has 2 N–H and O–H groups in total. The van der Waals surface area contributed by atoms with Crippen molar-refractivity contribution in [3.8, 4) is 0 Å². The number of esters is 1. The summed E-state index contributed by atoms with van der Waals surface area (Å²) in [5, 5.41) is 5.80. The van der Waals surface area contributed by atoms with Crippen LogP contribution < -0.4 is 10.6 Å². The maximum Gasteiger partial charge on any atom is 0.333 e. The quantitative estimate of drug-likeness (QED) is 0.743. The zero-order chi connectivity index (χ0) is 13.7. The van der Waals surface area contributed by atoms with Gasteiger partial charge in [-0.15, -0.1) is 0 Å². The van der Waals surface area contributed by atoms with Gasteiger partial charge in [0, 0.05) is 6.04 Å². The molecule has 1 fully saturated rings. The van der Waals surface area contributed by atoms with Crippen molar-refractivity contribution >= 4 is 11.9 Å². The summed E-state index contributed by atoms with van der Waals surface area (Å²) in [6.07, 6.45) is 2.23. The van der Waals surface area contributed by atoms with E-state index in [2.05, 4.69) is 10.6 Å². The summed E-state index contributed by atoms with van der Waals surface area (Å²) in [4.78, 5) is 23.5. The average Bonchev–Trinajstić information content (AvgIpc) is 3.27. The molecule has 0 bridgehead atoms. The molecule has 1 aromatic rings. The third kappa shape index (κ3) is 4.06. The van der Waals surface area contributed by atoms with E-state index in [-0.39, 0.29) is 12.5 Å². The standard InChI is InChI=1S/C14H18N2O3/c1-19-14(18)13(10-5-3-2-4-6-10)16-12(17)9-15-11-7-8-11/h2-6,11,13,15H,7-9H2,1H3,(H,16,17). The Morgan fingerprint density at radius 3 is 2.58 bits per heavy atom. The Balaban J connectivity index is 1.97. The molecule has 19 heavy (non-hydrogen) atoms. The molecule has 1 unspecified atom stereocenters. The van der Waals surface area contributed by atoms with Crippen LogP contribution in [0.15, 0.2) is 30.3 Å². The zero-order valence-corrected chi connectivity index (χ0v) is 10.9. The second-order valence-electron chi connectivity index (χ2n) is 4.59. The van der Waals surface area contributed by atoms with Gasteiger partial charge in [0.15, 0.2) is 6.04 Å². The maximum absolute atomic E-state index is 11.8. The van der Waals surface area contributed by atoms with Crippen LogP contribution in [0.25, 0.3) is 0 Å². The number of ether oxygens (including phenoxy) is 1. The summed E-state index contributed by atoms with van der Waals surface area (Å²) in [5.74, 6) is -0.669. The van der Waals surface area contributed by atoms with Crippen molar-refractivity contribution in [3.63, 3.8) is 0 Å². The SMILES string of the molecule is COC(=O)C(NC(=O)CNC1CC1)c1ccccc1. The highest BCUT2D eigenvalue weighted by Gasteiger charge is 2.25. The fourth-order valence-electron chi connectivity index (χ4n) is 1.78. The van der Waals surface area contributed by atoms with Crippen LogP contribution >= 0.6 is 0 Å². The largest absolute Gasteiger partial charge is 0.467 e. The van der Waals surface area contributed by atoms with Gasteiger partial charge < -0.3 is 15.4 Å². The van der Waals surface area contributed by atoms with Gasteiger partial charge in [0.2, 0.25) is 5.91 Å². The Kier molecular flexibility index (Phi) is 4.52.